The lowest BCUT2D eigenvalue weighted by molar-refractivity contribution is 0.203. The summed E-state index contributed by atoms with van der Waals surface area (Å²) in [5.74, 6) is 0.709. The van der Waals surface area contributed by atoms with Crippen LogP contribution in [0.5, 0.6) is 0 Å². The quantitative estimate of drug-likeness (QED) is 0.217. The minimum absolute atomic E-state index is 0. The van der Waals surface area contributed by atoms with Gasteiger partial charge in [-0.15, -0.1) is 24.0 Å². The van der Waals surface area contributed by atoms with Crippen LogP contribution in [0.2, 0.25) is 0 Å². The number of rotatable bonds is 9. The van der Waals surface area contributed by atoms with Gasteiger partial charge >= 0.3 is 0 Å². The zero-order valence-electron chi connectivity index (χ0n) is 14.3. The van der Waals surface area contributed by atoms with E-state index in [2.05, 4.69) is 20.3 Å². The molecule has 0 saturated heterocycles. The van der Waals surface area contributed by atoms with E-state index < -0.39 is 10.0 Å². The first kappa shape index (κ1) is 23.1. The molecule has 7 nitrogen and oxygen atoms in total. The number of halogens is 1. The van der Waals surface area contributed by atoms with Gasteiger partial charge in [-0.25, -0.2) is 18.1 Å². The molecule has 0 aliphatic rings. The highest BCUT2D eigenvalue weighted by Gasteiger charge is 2.08. The summed E-state index contributed by atoms with van der Waals surface area (Å²) >= 11 is 0. The smallest absolute Gasteiger partial charge is 0.215 e. The summed E-state index contributed by atoms with van der Waals surface area (Å²) in [4.78, 5) is 4.48. The van der Waals surface area contributed by atoms with E-state index in [0.29, 0.717) is 19.7 Å². The summed E-state index contributed by atoms with van der Waals surface area (Å²) in [7, 11) is -0.172. The average molecular weight is 470 g/mol. The van der Waals surface area contributed by atoms with E-state index in [1.165, 1.54) is 7.05 Å². The predicted molar refractivity (Wildman–Crippen MR) is 108 cm³/mol. The number of ether oxygens (including phenoxy) is 1. The van der Waals surface area contributed by atoms with E-state index in [0.717, 1.165) is 23.6 Å². The van der Waals surface area contributed by atoms with Crippen LogP contribution in [0, 0.1) is 0 Å². The molecule has 138 valence electrons. The van der Waals surface area contributed by atoms with Crippen molar-refractivity contribution in [1.82, 2.24) is 15.4 Å². The monoisotopic (exact) mass is 470 g/mol. The Labute approximate surface area is 161 Å². The van der Waals surface area contributed by atoms with Crippen LogP contribution in [0.3, 0.4) is 0 Å². The van der Waals surface area contributed by atoms with Crippen molar-refractivity contribution in [2.75, 3.05) is 33.9 Å². The van der Waals surface area contributed by atoms with Crippen LogP contribution < -0.4 is 15.4 Å². The van der Waals surface area contributed by atoms with Gasteiger partial charge < -0.3 is 15.4 Å². The Morgan fingerprint density at radius 3 is 2.33 bits per heavy atom. The standard InChI is InChI=1S/C15H26N4O3S.HI/c1-4-17-15(18-9-10-22-3)19-11-13-5-7-14(8-6-13)12-23(20,21)16-2;/h5-8,16H,4,9-12H2,1-3H3,(H2,17,18,19);1H. The summed E-state index contributed by atoms with van der Waals surface area (Å²) in [6, 6.07) is 7.40. The Bertz CT molecular complexity index is 591. The Kier molecular flexibility index (Phi) is 12.0. The highest BCUT2D eigenvalue weighted by atomic mass is 127. The van der Waals surface area contributed by atoms with E-state index in [9.17, 15) is 8.42 Å². The third-order valence-electron chi connectivity index (χ3n) is 3.05. The van der Waals surface area contributed by atoms with Crippen molar-refractivity contribution in [3.8, 4) is 0 Å². The maximum absolute atomic E-state index is 11.5. The van der Waals surface area contributed by atoms with Gasteiger partial charge in [0.1, 0.15) is 0 Å². The fraction of sp³-hybridized carbons (Fsp3) is 0.533. The Morgan fingerprint density at radius 1 is 1.17 bits per heavy atom. The lowest BCUT2D eigenvalue weighted by atomic mass is 10.1. The Balaban J connectivity index is 0.00000529. The molecule has 9 heteroatoms. The SMILES string of the molecule is CCNC(=NCc1ccc(CS(=O)(=O)NC)cc1)NCCOC.I. The van der Waals surface area contributed by atoms with Crippen molar-refractivity contribution in [2.24, 2.45) is 4.99 Å². The van der Waals surface area contributed by atoms with Gasteiger partial charge in [0.2, 0.25) is 10.0 Å². The van der Waals surface area contributed by atoms with Gasteiger partial charge in [0.15, 0.2) is 5.96 Å². The van der Waals surface area contributed by atoms with Crippen LogP contribution in [0.15, 0.2) is 29.3 Å². The van der Waals surface area contributed by atoms with E-state index in [1.54, 1.807) is 7.11 Å². The van der Waals surface area contributed by atoms with Crippen LogP contribution in [-0.2, 0) is 27.1 Å². The number of methoxy groups -OCH3 is 1. The second-order valence-corrected chi connectivity index (χ2v) is 6.82. The third-order valence-corrected chi connectivity index (χ3v) is 4.39. The molecule has 0 bridgehead atoms. The van der Waals surface area contributed by atoms with Crippen molar-refractivity contribution in [3.05, 3.63) is 35.4 Å². The van der Waals surface area contributed by atoms with Gasteiger partial charge in [-0.05, 0) is 25.1 Å². The molecule has 0 radical (unpaired) electrons. The molecule has 0 atom stereocenters. The lowest BCUT2D eigenvalue weighted by Gasteiger charge is -2.10. The van der Waals surface area contributed by atoms with Crippen LogP contribution >= 0.6 is 24.0 Å². The lowest BCUT2D eigenvalue weighted by Crippen LogP contribution is -2.38. The molecule has 0 unspecified atom stereocenters. The highest BCUT2D eigenvalue weighted by molar-refractivity contribution is 14.0. The van der Waals surface area contributed by atoms with Crippen molar-refractivity contribution < 1.29 is 13.2 Å². The number of nitrogens with zero attached hydrogens (tertiary/aromatic N) is 1. The maximum atomic E-state index is 11.5. The first-order valence-electron chi connectivity index (χ1n) is 7.51. The first-order chi connectivity index (χ1) is 11.0. The first-order valence-corrected chi connectivity index (χ1v) is 9.16. The number of sulfonamides is 1. The number of guanidine groups is 1. The minimum atomic E-state index is -3.24. The number of hydrogen-bond acceptors (Lipinski definition) is 4. The van der Waals surface area contributed by atoms with Gasteiger partial charge in [0.05, 0.1) is 18.9 Å². The number of nitrogens with one attached hydrogen (secondary N) is 3. The molecular weight excluding hydrogens is 443 g/mol. The third kappa shape index (κ3) is 9.40. The summed E-state index contributed by atoms with van der Waals surface area (Å²) in [5, 5.41) is 6.33. The van der Waals surface area contributed by atoms with E-state index >= 15 is 0 Å². The molecule has 0 heterocycles. The minimum Gasteiger partial charge on any atom is -0.383 e. The number of hydrogen-bond donors (Lipinski definition) is 3. The molecule has 0 fully saturated rings. The zero-order chi connectivity index (χ0) is 17.1. The van der Waals surface area contributed by atoms with Gasteiger partial charge in [0, 0.05) is 20.2 Å². The van der Waals surface area contributed by atoms with Crippen molar-refractivity contribution >= 4 is 40.0 Å². The largest absolute Gasteiger partial charge is 0.383 e. The normalized spacial score (nSPS) is 11.7. The predicted octanol–water partition coefficient (Wildman–Crippen LogP) is 1.06. The number of benzene rings is 1. The molecule has 1 rings (SSSR count). The second-order valence-electron chi connectivity index (χ2n) is 4.89. The molecular formula is C15H27IN4O3S. The Hall–Kier alpha value is -0.910. The maximum Gasteiger partial charge on any atom is 0.215 e. The van der Waals surface area contributed by atoms with Crippen LogP contribution in [0.4, 0.5) is 0 Å². The van der Waals surface area contributed by atoms with Crippen molar-refractivity contribution in [2.45, 2.75) is 19.2 Å². The highest BCUT2D eigenvalue weighted by Crippen LogP contribution is 2.08. The Morgan fingerprint density at radius 2 is 1.79 bits per heavy atom. The summed E-state index contributed by atoms with van der Waals surface area (Å²) in [6.07, 6.45) is 0. The van der Waals surface area contributed by atoms with Crippen molar-refractivity contribution in [1.29, 1.82) is 0 Å². The van der Waals surface area contributed by atoms with Crippen LogP contribution in [0.1, 0.15) is 18.1 Å². The fourth-order valence-electron chi connectivity index (χ4n) is 1.82. The van der Waals surface area contributed by atoms with E-state index in [4.69, 9.17) is 4.74 Å². The molecule has 0 aliphatic carbocycles. The molecule has 0 saturated carbocycles. The van der Waals surface area contributed by atoms with E-state index in [-0.39, 0.29) is 29.7 Å². The van der Waals surface area contributed by atoms with Crippen LogP contribution in [-0.4, -0.2) is 48.2 Å². The second kappa shape index (κ2) is 12.5. The van der Waals surface area contributed by atoms with Gasteiger partial charge in [-0.3, -0.25) is 0 Å². The summed E-state index contributed by atoms with van der Waals surface area (Å²) in [6.45, 7) is 4.59. The number of aliphatic imine (C=N–C) groups is 1. The van der Waals surface area contributed by atoms with Gasteiger partial charge in [-0.1, -0.05) is 24.3 Å². The topological polar surface area (TPSA) is 91.8 Å². The molecule has 24 heavy (non-hydrogen) atoms. The molecule has 3 N–H and O–H groups in total. The van der Waals surface area contributed by atoms with Crippen molar-refractivity contribution in [3.63, 3.8) is 0 Å². The van der Waals surface area contributed by atoms with E-state index in [1.807, 2.05) is 31.2 Å². The molecule has 1 aromatic rings. The molecule has 1 aromatic carbocycles. The molecule has 0 amide bonds. The summed E-state index contributed by atoms with van der Waals surface area (Å²) < 4.78 is 30.3. The molecule has 0 aromatic heterocycles. The van der Waals surface area contributed by atoms with Gasteiger partial charge in [-0.2, -0.15) is 0 Å². The molecule has 0 spiro atoms. The summed E-state index contributed by atoms with van der Waals surface area (Å²) in [5.41, 5.74) is 1.76. The average Bonchev–Trinajstić information content (AvgIpc) is 2.54. The molecule has 0 aliphatic heterocycles. The zero-order valence-corrected chi connectivity index (χ0v) is 17.5. The van der Waals surface area contributed by atoms with Gasteiger partial charge in [0.25, 0.3) is 0 Å². The fourth-order valence-corrected chi connectivity index (χ4v) is 2.59. The van der Waals surface area contributed by atoms with Crippen LogP contribution in [0.25, 0.3) is 0 Å².